The van der Waals surface area contributed by atoms with E-state index >= 15 is 0 Å². The van der Waals surface area contributed by atoms with Gasteiger partial charge in [-0.1, -0.05) is 67.4 Å². The molecule has 0 radical (unpaired) electrons. The summed E-state index contributed by atoms with van der Waals surface area (Å²) in [5.74, 6) is 0. The first kappa shape index (κ1) is 25.0. The van der Waals surface area contributed by atoms with Crippen molar-refractivity contribution in [3.05, 3.63) is 46.6 Å². The van der Waals surface area contributed by atoms with Gasteiger partial charge in [0, 0.05) is 0 Å². The Hall–Kier alpha value is -1.04. The molecule has 0 aliphatic heterocycles. The predicted molar refractivity (Wildman–Crippen MR) is 122 cm³/mol. The summed E-state index contributed by atoms with van der Waals surface area (Å²) in [5.41, 5.74) is 6.52. The van der Waals surface area contributed by atoms with E-state index < -0.39 is 0 Å². The summed E-state index contributed by atoms with van der Waals surface area (Å²) in [6.07, 6.45) is 20.7. The molecule has 0 unspecified atom stereocenters. The van der Waals surface area contributed by atoms with Gasteiger partial charge in [0.05, 0.1) is 0 Å². The molecule has 0 fully saturated rings. The van der Waals surface area contributed by atoms with Crippen molar-refractivity contribution in [2.75, 3.05) is 0 Å². The highest BCUT2D eigenvalue weighted by Gasteiger charge is 2.08. The molecule has 0 saturated heterocycles. The van der Waals surface area contributed by atoms with Gasteiger partial charge in [-0.05, 0) is 97.8 Å². The molecule has 0 N–H and O–H groups in total. The Morgan fingerprint density at radius 3 is 1.35 bits per heavy atom. The quantitative estimate of drug-likeness (QED) is 0.241. The Labute approximate surface area is 165 Å². The number of unbranched alkanes of at least 4 members (excludes halogenated alkanes) is 1. The second-order valence-electron chi connectivity index (χ2n) is 9.50. The molecular weight excluding hydrogens is 312 g/mol. The van der Waals surface area contributed by atoms with Gasteiger partial charge in [-0.2, -0.15) is 0 Å². The smallest absolute Gasteiger partial charge is 0.0288 e. The lowest BCUT2D eigenvalue weighted by atomic mass is 9.89. The maximum Gasteiger partial charge on any atom is -0.0288 e. The fourth-order valence-electron chi connectivity index (χ4n) is 2.97. The van der Waals surface area contributed by atoms with Crippen LogP contribution in [-0.4, -0.2) is 0 Å². The standard InChI is InChI=1S/C26H46/c1-22(2)14-11-16-24(4)18-13-20-25(5)19-12-17-23(3)15-9-10-21-26(6,7)8/h14-15,18-19H,9-13,16-17,20-21H2,1-8H3/b23-15+,24-18+,25-19+. The molecule has 0 aliphatic carbocycles. The van der Waals surface area contributed by atoms with E-state index in [-0.39, 0.29) is 0 Å². The van der Waals surface area contributed by atoms with Gasteiger partial charge in [0.15, 0.2) is 0 Å². The molecule has 0 bridgehead atoms. The molecular formula is C26H46. The van der Waals surface area contributed by atoms with Crippen molar-refractivity contribution in [2.24, 2.45) is 5.41 Å². The van der Waals surface area contributed by atoms with Crippen LogP contribution in [0.15, 0.2) is 46.6 Å². The Bertz CT molecular complexity index is 485. The van der Waals surface area contributed by atoms with Crippen LogP contribution in [0.4, 0.5) is 0 Å². The van der Waals surface area contributed by atoms with Crippen molar-refractivity contribution in [3.8, 4) is 0 Å². The van der Waals surface area contributed by atoms with E-state index in [2.05, 4.69) is 79.7 Å². The fraction of sp³-hybridized carbons (Fsp3) is 0.692. The summed E-state index contributed by atoms with van der Waals surface area (Å²) in [5, 5.41) is 0. The highest BCUT2D eigenvalue weighted by molar-refractivity contribution is 5.07. The van der Waals surface area contributed by atoms with Crippen LogP contribution in [0.3, 0.4) is 0 Å². The van der Waals surface area contributed by atoms with Gasteiger partial charge in [0.1, 0.15) is 0 Å². The minimum absolute atomic E-state index is 0.472. The van der Waals surface area contributed by atoms with E-state index in [9.17, 15) is 0 Å². The average molecular weight is 359 g/mol. The number of hydrogen-bond acceptors (Lipinski definition) is 0. The van der Waals surface area contributed by atoms with Gasteiger partial charge in [-0.25, -0.2) is 0 Å². The molecule has 0 heteroatoms. The van der Waals surface area contributed by atoms with Crippen molar-refractivity contribution in [2.45, 2.75) is 113 Å². The Morgan fingerprint density at radius 1 is 0.577 bits per heavy atom. The Balaban J connectivity index is 3.97. The van der Waals surface area contributed by atoms with Crippen molar-refractivity contribution >= 4 is 0 Å². The van der Waals surface area contributed by atoms with Crippen molar-refractivity contribution < 1.29 is 0 Å². The van der Waals surface area contributed by atoms with Gasteiger partial charge < -0.3 is 0 Å². The van der Waals surface area contributed by atoms with Crippen LogP contribution in [0.25, 0.3) is 0 Å². The van der Waals surface area contributed by atoms with Crippen LogP contribution >= 0.6 is 0 Å². The predicted octanol–water partition coefficient (Wildman–Crippen LogP) is 9.35. The summed E-state index contributed by atoms with van der Waals surface area (Å²) in [6.45, 7) is 18.2. The van der Waals surface area contributed by atoms with Gasteiger partial charge >= 0.3 is 0 Å². The second kappa shape index (κ2) is 14.1. The first-order valence-electron chi connectivity index (χ1n) is 10.7. The summed E-state index contributed by atoms with van der Waals surface area (Å²) >= 11 is 0. The molecule has 0 aliphatic rings. The maximum atomic E-state index is 2.45. The molecule has 0 saturated carbocycles. The Kier molecular flexibility index (Phi) is 13.5. The van der Waals surface area contributed by atoms with E-state index in [1.54, 1.807) is 11.1 Å². The third-order valence-corrected chi connectivity index (χ3v) is 4.78. The zero-order chi connectivity index (χ0) is 20.0. The third-order valence-electron chi connectivity index (χ3n) is 4.78. The van der Waals surface area contributed by atoms with Gasteiger partial charge in [0.2, 0.25) is 0 Å². The van der Waals surface area contributed by atoms with E-state index in [4.69, 9.17) is 0 Å². The molecule has 0 spiro atoms. The number of rotatable bonds is 12. The molecule has 0 aromatic heterocycles. The monoisotopic (exact) mass is 358 g/mol. The van der Waals surface area contributed by atoms with Gasteiger partial charge in [-0.15, -0.1) is 0 Å². The van der Waals surface area contributed by atoms with Crippen LogP contribution in [-0.2, 0) is 0 Å². The number of hydrogen-bond donors (Lipinski definition) is 0. The summed E-state index contributed by atoms with van der Waals surface area (Å²) in [7, 11) is 0. The Morgan fingerprint density at radius 2 is 0.962 bits per heavy atom. The lowest BCUT2D eigenvalue weighted by Gasteiger charge is -2.16. The minimum Gasteiger partial charge on any atom is -0.0856 e. The van der Waals surface area contributed by atoms with E-state index in [1.165, 1.54) is 68.9 Å². The first-order valence-corrected chi connectivity index (χ1v) is 10.7. The largest absolute Gasteiger partial charge is 0.0856 e. The summed E-state index contributed by atoms with van der Waals surface area (Å²) < 4.78 is 0. The van der Waals surface area contributed by atoms with E-state index in [0.717, 1.165) is 0 Å². The molecule has 0 amide bonds. The highest BCUT2D eigenvalue weighted by Crippen LogP contribution is 2.22. The lowest BCUT2D eigenvalue weighted by Crippen LogP contribution is -2.03. The van der Waals surface area contributed by atoms with Crippen molar-refractivity contribution in [1.29, 1.82) is 0 Å². The minimum atomic E-state index is 0.472. The molecule has 0 aromatic rings. The molecule has 150 valence electrons. The SMILES string of the molecule is CC(C)=CCC/C(C)=C/CC/C(C)=C/CC/C(C)=C/CCCC(C)(C)C. The molecule has 0 nitrogen and oxygen atoms in total. The van der Waals surface area contributed by atoms with Crippen molar-refractivity contribution in [3.63, 3.8) is 0 Å². The zero-order valence-electron chi connectivity index (χ0n) is 19.2. The van der Waals surface area contributed by atoms with E-state index in [0.29, 0.717) is 5.41 Å². The van der Waals surface area contributed by atoms with Crippen LogP contribution in [0.2, 0.25) is 0 Å². The molecule has 0 heterocycles. The van der Waals surface area contributed by atoms with Gasteiger partial charge in [-0.3, -0.25) is 0 Å². The topological polar surface area (TPSA) is 0 Å². The van der Waals surface area contributed by atoms with Gasteiger partial charge in [0.25, 0.3) is 0 Å². The second-order valence-corrected chi connectivity index (χ2v) is 9.50. The zero-order valence-corrected chi connectivity index (χ0v) is 19.2. The fourth-order valence-corrected chi connectivity index (χ4v) is 2.97. The molecule has 0 aromatic carbocycles. The third kappa shape index (κ3) is 17.8. The normalized spacial score (nSPS) is 13.9. The average Bonchev–Trinajstić information content (AvgIpc) is 2.50. The molecule has 0 rings (SSSR count). The highest BCUT2D eigenvalue weighted by atomic mass is 14.1. The summed E-state index contributed by atoms with van der Waals surface area (Å²) in [6, 6.07) is 0. The van der Waals surface area contributed by atoms with Crippen LogP contribution in [0, 0.1) is 5.41 Å². The van der Waals surface area contributed by atoms with E-state index in [1.807, 2.05) is 0 Å². The maximum absolute atomic E-state index is 2.45. The van der Waals surface area contributed by atoms with Crippen LogP contribution < -0.4 is 0 Å². The van der Waals surface area contributed by atoms with Crippen molar-refractivity contribution in [1.82, 2.24) is 0 Å². The first-order chi connectivity index (χ1) is 12.1. The van der Waals surface area contributed by atoms with Crippen LogP contribution in [0.5, 0.6) is 0 Å². The lowest BCUT2D eigenvalue weighted by molar-refractivity contribution is 0.367. The molecule has 26 heavy (non-hydrogen) atoms. The number of allylic oxidation sites excluding steroid dienone is 8. The molecule has 0 atom stereocenters. The summed E-state index contributed by atoms with van der Waals surface area (Å²) in [4.78, 5) is 0. The van der Waals surface area contributed by atoms with Crippen LogP contribution in [0.1, 0.15) is 113 Å².